The van der Waals surface area contributed by atoms with Gasteiger partial charge in [0.25, 0.3) is 11.9 Å². The van der Waals surface area contributed by atoms with Crippen LogP contribution in [-0.2, 0) is 6.54 Å². The van der Waals surface area contributed by atoms with Crippen molar-refractivity contribution in [3.05, 3.63) is 59.2 Å². The van der Waals surface area contributed by atoms with Crippen LogP contribution >= 0.6 is 0 Å². The highest BCUT2D eigenvalue weighted by atomic mass is 16.1. The Labute approximate surface area is 174 Å². The Morgan fingerprint density at radius 2 is 2.00 bits per heavy atom. The van der Waals surface area contributed by atoms with E-state index >= 15 is 0 Å². The van der Waals surface area contributed by atoms with Gasteiger partial charge in [-0.05, 0) is 55.7 Å². The average Bonchev–Trinajstić information content (AvgIpc) is 3.24. The number of anilines is 2. The number of benzene rings is 1. The highest BCUT2D eigenvalue weighted by molar-refractivity contribution is 6.04. The first-order valence-electron chi connectivity index (χ1n) is 9.95. The highest BCUT2D eigenvalue weighted by Crippen LogP contribution is 2.29. The lowest BCUT2D eigenvalue weighted by molar-refractivity contribution is 0.102. The Morgan fingerprint density at radius 1 is 1.20 bits per heavy atom. The van der Waals surface area contributed by atoms with Crippen LogP contribution in [0.1, 0.15) is 41.9 Å². The van der Waals surface area contributed by atoms with E-state index in [4.69, 9.17) is 0 Å². The van der Waals surface area contributed by atoms with E-state index in [1.807, 2.05) is 31.2 Å². The minimum atomic E-state index is -0.217. The minimum absolute atomic E-state index is 0.217. The van der Waals surface area contributed by atoms with E-state index < -0.39 is 0 Å². The second-order valence-corrected chi connectivity index (χ2v) is 7.26. The van der Waals surface area contributed by atoms with Crippen molar-refractivity contribution in [2.75, 3.05) is 23.3 Å². The second-order valence-electron chi connectivity index (χ2n) is 7.26. The molecule has 1 aliphatic heterocycles. The molecule has 3 heterocycles. The molecule has 154 valence electrons. The van der Waals surface area contributed by atoms with Crippen LogP contribution in [0.4, 0.5) is 11.6 Å². The van der Waals surface area contributed by atoms with Gasteiger partial charge >= 0.3 is 0 Å². The third-order valence-electron chi connectivity index (χ3n) is 5.28. The zero-order valence-corrected chi connectivity index (χ0v) is 17.3. The number of aromatic nitrogens is 6. The summed E-state index contributed by atoms with van der Waals surface area (Å²) in [5.41, 5.74) is 5.57. The van der Waals surface area contributed by atoms with Crippen molar-refractivity contribution in [1.29, 1.82) is 0 Å². The molecule has 0 spiro atoms. The van der Waals surface area contributed by atoms with Crippen LogP contribution in [0.2, 0.25) is 0 Å². The molecule has 2 aromatic heterocycles. The summed E-state index contributed by atoms with van der Waals surface area (Å²) in [4.78, 5) is 24.2. The van der Waals surface area contributed by atoms with Crippen LogP contribution in [0.5, 0.6) is 0 Å². The van der Waals surface area contributed by atoms with Gasteiger partial charge in [-0.1, -0.05) is 22.8 Å². The lowest BCUT2D eigenvalue weighted by atomic mass is 9.95. The molecular weight excluding hydrogens is 380 g/mol. The van der Waals surface area contributed by atoms with Gasteiger partial charge in [0.15, 0.2) is 0 Å². The standard InChI is InChI=1S/C21H24N8O/c1-4-29-26-21(25-27-29)28-10-9-14(2)19(12-28)16-5-7-17(8-6-16)24-20(30)18-11-22-13-23-15(18)3/h5-8,11,13H,4,9-10,12H2,1-3H3,(H,24,30). The van der Waals surface area contributed by atoms with Crippen molar-refractivity contribution >= 4 is 23.1 Å². The maximum Gasteiger partial charge on any atom is 0.266 e. The Balaban J connectivity index is 1.48. The Morgan fingerprint density at radius 3 is 2.70 bits per heavy atom. The average molecular weight is 404 g/mol. The summed E-state index contributed by atoms with van der Waals surface area (Å²) in [6, 6.07) is 7.89. The fourth-order valence-corrected chi connectivity index (χ4v) is 3.43. The lowest BCUT2D eigenvalue weighted by Crippen LogP contribution is -2.31. The van der Waals surface area contributed by atoms with E-state index in [1.165, 1.54) is 23.7 Å². The molecule has 0 aliphatic carbocycles. The van der Waals surface area contributed by atoms with Gasteiger partial charge in [0.2, 0.25) is 0 Å². The van der Waals surface area contributed by atoms with Crippen LogP contribution in [0.15, 0.2) is 42.4 Å². The number of amides is 1. The molecule has 3 aromatic rings. The van der Waals surface area contributed by atoms with Crippen LogP contribution < -0.4 is 10.2 Å². The summed E-state index contributed by atoms with van der Waals surface area (Å²) in [5, 5.41) is 15.6. The van der Waals surface area contributed by atoms with Crippen molar-refractivity contribution in [3.8, 4) is 0 Å². The maximum absolute atomic E-state index is 12.5. The Hall–Kier alpha value is -3.62. The normalized spacial score (nSPS) is 14.2. The SMILES string of the molecule is CCn1nnc(N2CCC(C)=C(c3ccc(NC(=O)c4cncnc4C)cc3)C2)n1. The Kier molecular flexibility index (Phi) is 5.51. The molecule has 0 unspecified atom stereocenters. The molecule has 0 atom stereocenters. The van der Waals surface area contributed by atoms with Crippen molar-refractivity contribution in [2.45, 2.75) is 33.7 Å². The summed E-state index contributed by atoms with van der Waals surface area (Å²) < 4.78 is 0. The molecule has 1 aliphatic rings. The summed E-state index contributed by atoms with van der Waals surface area (Å²) in [5.74, 6) is 0.441. The predicted octanol–water partition coefficient (Wildman–Crippen LogP) is 2.73. The number of nitrogens with zero attached hydrogens (tertiary/aromatic N) is 7. The maximum atomic E-state index is 12.5. The van der Waals surface area contributed by atoms with Crippen LogP contribution in [0.3, 0.4) is 0 Å². The first-order valence-corrected chi connectivity index (χ1v) is 9.95. The molecule has 4 rings (SSSR count). The minimum Gasteiger partial charge on any atom is -0.334 e. The van der Waals surface area contributed by atoms with Crippen molar-refractivity contribution in [1.82, 2.24) is 30.2 Å². The number of tetrazole rings is 1. The topological polar surface area (TPSA) is 102 Å². The van der Waals surface area contributed by atoms with Gasteiger partial charge in [0.05, 0.1) is 17.8 Å². The van der Waals surface area contributed by atoms with Gasteiger partial charge in [-0.25, -0.2) is 9.97 Å². The molecule has 0 fully saturated rings. The number of hydrogen-bond donors (Lipinski definition) is 1. The number of rotatable bonds is 5. The van der Waals surface area contributed by atoms with Crippen LogP contribution in [-0.4, -0.2) is 49.2 Å². The smallest absolute Gasteiger partial charge is 0.266 e. The molecule has 30 heavy (non-hydrogen) atoms. The third kappa shape index (κ3) is 4.05. The fourth-order valence-electron chi connectivity index (χ4n) is 3.43. The first-order chi connectivity index (χ1) is 14.5. The summed E-state index contributed by atoms with van der Waals surface area (Å²) in [7, 11) is 0. The monoisotopic (exact) mass is 404 g/mol. The second kappa shape index (κ2) is 8.40. The largest absolute Gasteiger partial charge is 0.334 e. The first kappa shape index (κ1) is 19.7. The summed E-state index contributed by atoms with van der Waals surface area (Å²) in [6.45, 7) is 8.24. The summed E-state index contributed by atoms with van der Waals surface area (Å²) >= 11 is 0. The van der Waals surface area contributed by atoms with E-state index in [0.29, 0.717) is 23.8 Å². The zero-order valence-electron chi connectivity index (χ0n) is 17.3. The molecule has 1 N–H and O–H groups in total. The van der Waals surface area contributed by atoms with Crippen molar-refractivity contribution in [2.24, 2.45) is 0 Å². The number of hydrogen-bond acceptors (Lipinski definition) is 7. The molecule has 1 aromatic carbocycles. The molecule has 0 radical (unpaired) electrons. The molecule has 0 saturated carbocycles. The van der Waals surface area contributed by atoms with E-state index in [0.717, 1.165) is 30.8 Å². The fraction of sp³-hybridized carbons (Fsp3) is 0.333. The molecule has 9 heteroatoms. The number of carbonyl (C=O) groups is 1. The van der Waals surface area contributed by atoms with Gasteiger partial charge in [-0.2, -0.15) is 4.80 Å². The van der Waals surface area contributed by atoms with Crippen LogP contribution in [0.25, 0.3) is 5.57 Å². The van der Waals surface area contributed by atoms with Crippen LogP contribution in [0, 0.1) is 6.92 Å². The van der Waals surface area contributed by atoms with E-state index in [1.54, 1.807) is 11.7 Å². The van der Waals surface area contributed by atoms with Crippen molar-refractivity contribution < 1.29 is 4.79 Å². The van der Waals surface area contributed by atoms with Gasteiger partial charge in [0, 0.05) is 25.0 Å². The van der Waals surface area contributed by atoms with Gasteiger partial charge in [0.1, 0.15) is 6.33 Å². The van der Waals surface area contributed by atoms with Crippen molar-refractivity contribution in [3.63, 3.8) is 0 Å². The molecular formula is C21H24N8O. The zero-order chi connectivity index (χ0) is 21.1. The third-order valence-corrected chi connectivity index (χ3v) is 5.28. The Bertz CT molecular complexity index is 1090. The number of aryl methyl sites for hydroxylation is 2. The van der Waals surface area contributed by atoms with Gasteiger partial charge in [-0.15, -0.1) is 5.10 Å². The number of carbonyl (C=O) groups excluding carboxylic acids is 1. The predicted molar refractivity (Wildman–Crippen MR) is 114 cm³/mol. The van der Waals surface area contributed by atoms with E-state index in [9.17, 15) is 4.79 Å². The number of nitrogens with one attached hydrogen (secondary N) is 1. The summed E-state index contributed by atoms with van der Waals surface area (Å²) in [6.07, 6.45) is 3.91. The highest BCUT2D eigenvalue weighted by Gasteiger charge is 2.21. The van der Waals surface area contributed by atoms with Gasteiger partial charge in [-0.3, -0.25) is 4.79 Å². The molecule has 0 bridgehead atoms. The molecule has 1 amide bonds. The quantitative estimate of drug-likeness (QED) is 0.697. The molecule has 0 saturated heterocycles. The lowest BCUT2D eigenvalue weighted by Gasteiger charge is -2.29. The van der Waals surface area contributed by atoms with E-state index in [2.05, 4.69) is 42.5 Å². The van der Waals surface area contributed by atoms with E-state index in [-0.39, 0.29) is 5.91 Å². The van der Waals surface area contributed by atoms with Gasteiger partial charge < -0.3 is 10.2 Å². The molecule has 9 nitrogen and oxygen atoms in total.